The van der Waals surface area contributed by atoms with Crippen LogP contribution in [0.4, 0.5) is 13.2 Å². The summed E-state index contributed by atoms with van der Waals surface area (Å²) in [5.74, 6) is 1.06. The minimum absolute atomic E-state index is 0.00525. The van der Waals surface area contributed by atoms with E-state index in [-0.39, 0.29) is 36.5 Å². The molecule has 12 heteroatoms. The van der Waals surface area contributed by atoms with Gasteiger partial charge in [0.2, 0.25) is 11.8 Å². The number of carbonyl (C=O) groups is 1. The Labute approximate surface area is 265 Å². The Morgan fingerprint density at radius 3 is 2.61 bits per heavy atom. The van der Waals surface area contributed by atoms with Crippen LogP contribution in [-0.4, -0.2) is 68.4 Å². The van der Waals surface area contributed by atoms with Gasteiger partial charge in [0.15, 0.2) is 0 Å². The Kier molecular flexibility index (Phi) is 8.08. The second-order valence-electron chi connectivity index (χ2n) is 12.8. The molecule has 1 atom stereocenters. The number of hydrogen-bond donors (Lipinski definition) is 1. The van der Waals surface area contributed by atoms with Crippen LogP contribution in [-0.2, 0) is 23.9 Å². The van der Waals surface area contributed by atoms with Gasteiger partial charge in [-0.3, -0.25) is 9.78 Å². The van der Waals surface area contributed by atoms with Crippen molar-refractivity contribution in [3.8, 4) is 17.4 Å². The van der Waals surface area contributed by atoms with Gasteiger partial charge in [-0.15, -0.1) is 0 Å². The highest BCUT2D eigenvalue weighted by molar-refractivity contribution is 5.84. The van der Waals surface area contributed by atoms with E-state index >= 15 is 0 Å². The lowest BCUT2D eigenvalue weighted by atomic mass is 9.92. The second-order valence-corrected chi connectivity index (χ2v) is 12.8. The Bertz CT molecular complexity index is 1750. The predicted octanol–water partition coefficient (Wildman–Crippen LogP) is 6.59. The Morgan fingerprint density at radius 2 is 1.87 bits per heavy atom. The standard InChI is InChI=1S/C34H37F3N6O3/c1-3-21-18-43(30(44)13-20-12-27(34(35,36)37)33(40-16-20)46-24-7-10-42(2)11-8-24)19-23-14-25(17-39-31(21)23)45-29-6-9-38-32-26(29)15-28(41-32)22-4-5-22/h6,9,12,14-17,21-22,24H,3-5,7-8,10-11,13,18-19H2,1-2H3,(H,38,41)/t21-/m0/s1. The SMILES string of the molecule is CC[C@H]1CN(C(=O)Cc2cnc(OC3CCN(C)CC3)c(C(F)(F)F)c2)Cc2cc(Oc3ccnc4[nH]c(C5CC5)cc34)cnc21. The molecule has 0 radical (unpaired) electrons. The topological polar surface area (TPSA) is 96.5 Å². The van der Waals surface area contributed by atoms with Crippen LogP contribution >= 0.6 is 0 Å². The number of piperidine rings is 1. The van der Waals surface area contributed by atoms with Gasteiger partial charge in [-0.2, -0.15) is 13.2 Å². The Morgan fingerprint density at radius 1 is 1.07 bits per heavy atom. The molecule has 2 fully saturated rings. The summed E-state index contributed by atoms with van der Waals surface area (Å²) < 4.78 is 54.2. The molecule has 3 aliphatic rings. The molecule has 0 unspecified atom stereocenters. The first-order valence-corrected chi connectivity index (χ1v) is 16.0. The van der Waals surface area contributed by atoms with Crippen molar-refractivity contribution < 1.29 is 27.4 Å². The van der Waals surface area contributed by atoms with Crippen molar-refractivity contribution in [3.63, 3.8) is 0 Å². The number of pyridine rings is 3. The third-order valence-corrected chi connectivity index (χ3v) is 9.28. The first kappa shape index (κ1) is 30.5. The van der Waals surface area contributed by atoms with Gasteiger partial charge in [-0.25, -0.2) is 9.97 Å². The molecule has 1 N–H and O–H groups in total. The van der Waals surface area contributed by atoms with E-state index in [1.807, 2.05) is 26.1 Å². The van der Waals surface area contributed by atoms with Crippen LogP contribution in [0.2, 0.25) is 0 Å². The minimum Gasteiger partial charge on any atom is -0.474 e. The number of likely N-dealkylation sites (tertiary alicyclic amines) is 1. The molecule has 2 aliphatic heterocycles. The van der Waals surface area contributed by atoms with Crippen LogP contribution in [0.25, 0.3) is 11.0 Å². The number of rotatable bonds is 8. The third kappa shape index (κ3) is 6.40. The normalized spacial score (nSPS) is 19.3. The summed E-state index contributed by atoms with van der Waals surface area (Å²) in [4.78, 5) is 34.0. The maximum atomic E-state index is 14.1. The number of carbonyl (C=O) groups excluding carboxylic acids is 1. The number of fused-ring (bicyclic) bond motifs is 2. The molecule has 1 aliphatic carbocycles. The fourth-order valence-corrected chi connectivity index (χ4v) is 6.47. The van der Waals surface area contributed by atoms with Gasteiger partial charge in [-0.05, 0) is 80.5 Å². The number of H-pyrrole nitrogens is 1. The molecule has 1 saturated carbocycles. The zero-order chi connectivity index (χ0) is 32.0. The van der Waals surface area contributed by atoms with Crippen LogP contribution in [0.5, 0.6) is 17.4 Å². The number of nitrogens with zero attached hydrogens (tertiary/aromatic N) is 5. The van der Waals surface area contributed by atoms with E-state index < -0.39 is 17.6 Å². The van der Waals surface area contributed by atoms with Gasteiger partial charge in [0.25, 0.3) is 0 Å². The molecule has 4 aromatic rings. The first-order chi connectivity index (χ1) is 22.1. The zero-order valence-corrected chi connectivity index (χ0v) is 25.9. The fraction of sp³-hybridized carbons (Fsp3) is 0.471. The largest absolute Gasteiger partial charge is 0.474 e. The van der Waals surface area contributed by atoms with E-state index in [9.17, 15) is 18.0 Å². The number of halogens is 3. The summed E-state index contributed by atoms with van der Waals surface area (Å²) in [6.07, 6.45) is 3.91. The van der Waals surface area contributed by atoms with E-state index in [2.05, 4.69) is 25.9 Å². The third-order valence-electron chi connectivity index (χ3n) is 9.28. The molecule has 9 nitrogen and oxygen atoms in total. The second kappa shape index (κ2) is 12.2. The number of hydrogen-bond acceptors (Lipinski definition) is 7. The van der Waals surface area contributed by atoms with Crippen molar-refractivity contribution in [3.05, 3.63) is 70.9 Å². The maximum absolute atomic E-state index is 14.1. The average Bonchev–Trinajstić information content (AvgIpc) is 3.80. The summed E-state index contributed by atoms with van der Waals surface area (Å²) in [5.41, 5.74) is 2.96. The van der Waals surface area contributed by atoms with Crippen molar-refractivity contribution in [2.75, 3.05) is 26.7 Å². The monoisotopic (exact) mass is 634 g/mol. The molecule has 4 aromatic heterocycles. The number of amides is 1. The Balaban J connectivity index is 1.08. The van der Waals surface area contributed by atoms with E-state index in [1.165, 1.54) is 24.7 Å². The van der Waals surface area contributed by atoms with Crippen molar-refractivity contribution in [1.29, 1.82) is 0 Å². The maximum Gasteiger partial charge on any atom is 0.421 e. The van der Waals surface area contributed by atoms with Crippen LogP contribution in [0.15, 0.2) is 42.9 Å². The van der Waals surface area contributed by atoms with E-state index in [0.29, 0.717) is 36.8 Å². The van der Waals surface area contributed by atoms with Gasteiger partial charge >= 0.3 is 6.18 Å². The lowest BCUT2D eigenvalue weighted by Gasteiger charge is -2.34. The highest BCUT2D eigenvalue weighted by atomic mass is 19.4. The van der Waals surface area contributed by atoms with Crippen LogP contribution in [0.1, 0.15) is 78.9 Å². The molecule has 0 bridgehead atoms. The number of ether oxygens (including phenoxy) is 2. The molecule has 0 aromatic carbocycles. The van der Waals surface area contributed by atoms with Crippen molar-refractivity contribution in [2.24, 2.45) is 0 Å². The van der Waals surface area contributed by atoms with Gasteiger partial charge < -0.3 is 24.3 Å². The van der Waals surface area contributed by atoms with E-state index in [1.54, 1.807) is 17.3 Å². The highest BCUT2D eigenvalue weighted by Gasteiger charge is 2.37. The Hall–Kier alpha value is -4.19. The van der Waals surface area contributed by atoms with E-state index in [4.69, 9.17) is 14.5 Å². The molecule has 1 saturated heterocycles. The number of alkyl halides is 3. The van der Waals surface area contributed by atoms with Gasteiger partial charge in [-0.1, -0.05) is 6.92 Å². The molecule has 46 heavy (non-hydrogen) atoms. The van der Waals surface area contributed by atoms with Crippen LogP contribution in [0, 0.1) is 0 Å². The number of nitrogens with one attached hydrogen (secondary N) is 1. The smallest absolute Gasteiger partial charge is 0.421 e. The minimum atomic E-state index is -4.66. The van der Waals surface area contributed by atoms with Gasteiger partial charge in [0, 0.05) is 50.2 Å². The quantitative estimate of drug-likeness (QED) is 0.234. The lowest BCUT2D eigenvalue weighted by Crippen LogP contribution is -2.39. The van der Waals surface area contributed by atoms with Crippen LogP contribution in [0.3, 0.4) is 0 Å². The summed E-state index contributed by atoms with van der Waals surface area (Å²) in [6, 6.07) is 6.83. The molecular weight excluding hydrogens is 597 g/mol. The van der Waals surface area contributed by atoms with Crippen molar-refractivity contribution in [2.45, 2.75) is 76.1 Å². The van der Waals surface area contributed by atoms with Gasteiger partial charge in [0.05, 0.1) is 23.7 Å². The molecule has 0 spiro atoms. The van der Waals surface area contributed by atoms with E-state index in [0.717, 1.165) is 47.9 Å². The molecule has 242 valence electrons. The molecule has 1 amide bonds. The van der Waals surface area contributed by atoms with Crippen molar-refractivity contribution in [1.82, 2.24) is 29.7 Å². The molecule has 7 rings (SSSR count). The lowest BCUT2D eigenvalue weighted by molar-refractivity contribution is -0.140. The summed E-state index contributed by atoms with van der Waals surface area (Å²) in [5, 5.41) is 0.903. The summed E-state index contributed by atoms with van der Waals surface area (Å²) >= 11 is 0. The average molecular weight is 635 g/mol. The highest BCUT2D eigenvalue weighted by Crippen LogP contribution is 2.42. The summed E-state index contributed by atoms with van der Waals surface area (Å²) in [6.45, 7) is 4.26. The number of aromatic nitrogens is 4. The predicted molar refractivity (Wildman–Crippen MR) is 165 cm³/mol. The fourth-order valence-electron chi connectivity index (χ4n) is 6.47. The van der Waals surface area contributed by atoms with Crippen molar-refractivity contribution >= 4 is 16.9 Å². The summed E-state index contributed by atoms with van der Waals surface area (Å²) in [7, 11) is 1.97. The zero-order valence-electron chi connectivity index (χ0n) is 25.9. The molecular formula is C34H37F3N6O3. The number of aromatic amines is 1. The molecule has 6 heterocycles. The first-order valence-electron chi connectivity index (χ1n) is 16.0. The van der Waals surface area contributed by atoms with Gasteiger partial charge in [0.1, 0.15) is 28.8 Å². The van der Waals surface area contributed by atoms with Crippen LogP contribution < -0.4 is 9.47 Å².